The van der Waals surface area contributed by atoms with Crippen LogP contribution in [0.5, 0.6) is 0 Å². The van der Waals surface area contributed by atoms with E-state index in [2.05, 4.69) is 42.2 Å². The van der Waals surface area contributed by atoms with Crippen LogP contribution in [0.3, 0.4) is 0 Å². The van der Waals surface area contributed by atoms with Crippen molar-refractivity contribution in [3.8, 4) is 0 Å². The number of fused-ring (bicyclic) bond motifs is 1. The van der Waals surface area contributed by atoms with Gasteiger partial charge in [0.15, 0.2) is 0 Å². The highest BCUT2D eigenvalue weighted by atomic mass is 32.1. The van der Waals surface area contributed by atoms with Gasteiger partial charge >= 0.3 is 0 Å². The number of aromatic nitrogens is 1. The quantitative estimate of drug-likeness (QED) is 0.625. The van der Waals surface area contributed by atoms with Crippen LogP contribution in [0.25, 0.3) is 16.3 Å². The van der Waals surface area contributed by atoms with E-state index in [9.17, 15) is 4.79 Å². The summed E-state index contributed by atoms with van der Waals surface area (Å²) >= 11 is 1.61. The molecule has 0 spiro atoms. The zero-order chi connectivity index (χ0) is 17.2. The Labute approximate surface area is 151 Å². The summed E-state index contributed by atoms with van der Waals surface area (Å²) in [6.45, 7) is 2.92. The van der Waals surface area contributed by atoms with Crippen LogP contribution in [-0.4, -0.2) is 22.3 Å². The maximum absolute atomic E-state index is 12.7. The van der Waals surface area contributed by atoms with Gasteiger partial charge in [-0.05, 0) is 43.5 Å². The van der Waals surface area contributed by atoms with E-state index in [-0.39, 0.29) is 11.9 Å². The Morgan fingerprint density at radius 1 is 1.24 bits per heavy atom. The minimum atomic E-state index is 0.0725. The van der Waals surface area contributed by atoms with Crippen molar-refractivity contribution in [2.75, 3.05) is 6.54 Å². The number of hydrogen-bond donors (Lipinski definition) is 0. The fraction of sp³-hybridized carbons (Fsp3) is 0.238. The van der Waals surface area contributed by atoms with Gasteiger partial charge in [0.05, 0.1) is 16.3 Å². The van der Waals surface area contributed by atoms with Gasteiger partial charge in [-0.1, -0.05) is 42.0 Å². The number of amides is 1. The molecule has 3 aromatic rings. The lowest BCUT2D eigenvalue weighted by molar-refractivity contribution is -0.126. The Kier molecular flexibility index (Phi) is 4.36. The number of para-hydroxylation sites is 1. The molecule has 1 saturated heterocycles. The van der Waals surface area contributed by atoms with E-state index >= 15 is 0 Å². The van der Waals surface area contributed by atoms with E-state index in [0.717, 1.165) is 34.6 Å². The highest BCUT2D eigenvalue weighted by Crippen LogP contribution is 2.32. The molecule has 1 aliphatic rings. The SMILES string of the molecule is Cc1cccc(C2CCCN2C(=O)/C=C/c2nc3ccccc3s2)c1. The standard InChI is InChI=1S/C21H20N2OS/c1-15-6-4-7-16(14-15)18-9-5-13-23(18)21(24)12-11-20-22-17-8-2-3-10-19(17)25-20/h2-4,6-8,10-12,14,18H,5,9,13H2,1H3/b12-11+. The van der Waals surface area contributed by atoms with Crippen molar-refractivity contribution in [1.82, 2.24) is 9.88 Å². The predicted octanol–water partition coefficient (Wildman–Crippen LogP) is 4.98. The molecule has 1 amide bonds. The van der Waals surface area contributed by atoms with Gasteiger partial charge in [-0.3, -0.25) is 4.79 Å². The smallest absolute Gasteiger partial charge is 0.247 e. The van der Waals surface area contributed by atoms with Gasteiger partial charge in [-0.25, -0.2) is 4.98 Å². The number of nitrogens with zero attached hydrogens (tertiary/aromatic N) is 2. The van der Waals surface area contributed by atoms with Crippen LogP contribution in [0.15, 0.2) is 54.6 Å². The number of hydrogen-bond acceptors (Lipinski definition) is 3. The van der Waals surface area contributed by atoms with E-state index in [1.807, 2.05) is 29.2 Å². The zero-order valence-corrected chi connectivity index (χ0v) is 15.0. The van der Waals surface area contributed by atoms with E-state index in [1.165, 1.54) is 11.1 Å². The second-order valence-corrected chi connectivity index (χ2v) is 7.52. The molecule has 126 valence electrons. The van der Waals surface area contributed by atoms with Gasteiger partial charge in [-0.15, -0.1) is 11.3 Å². The number of aryl methyl sites for hydroxylation is 1. The number of likely N-dealkylation sites (tertiary alicyclic amines) is 1. The number of carbonyl (C=O) groups is 1. The molecule has 25 heavy (non-hydrogen) atoms. The second kappa shape index (κ2) is 6.81. The van der Waals surface area contributed by atoms with Crippen LogP contribution in [0, 0.1) is 6.92 Å². The molecule has 1 atom stereocenters. The van der Waals surface area contributed by atoms with Gasteiger partial charge in [0.25, 0.3) is 0 Å². The molecule has 1 aliphatic heterocycles. The minimum absolute atomic E-state index is 0.0725. The molecule has 0 saturated carbocycles. The highest BCUT2D eigenvalue weighted by Gasteiger charge is 2.28. The first-order valence-corrected chi connectivity index (χ1v) is 9.43. The summed E-state index contributed by atoms with van der Waals surface area (Å²) in [5, 5.41) is 0.876. The summed E-state index contributed by atoms with van der Waals surface area (Å²) in [5.41, 5.74) is 3.46. The minimum Gasteiger partial charge on any atom is -0.332 e. The van der Waals surface area contributed by atoms with Crippen molar-refractivity contribution in [1.29, 1.82) is 0 Å². The Morgan fingerprint density at radius 3 is 2.96 bits per heavy atom. The molecule has 3 nitrogen and oxygen atoms in total. The first-order valence-electron chi connectivity index (χ1n) is 8.61. The molecule has 4 rings (SSSR count). The average Bonchev–Trinajstić information content (AvgIpc) is 3.26. The third-order valence-corrected chi connectivity index (χ3v) is 5.64. The van der Waals surface area contributed by atoms with Gasteiger partial charge in [0, 0.05) is 12.6 Å². The molecule has 0 N–H and O–H groups in total. The Balaban J connectivity index is 1.53. The highest BCUT2D eigenvalue weighted by molar-refractivity contribution is 7.19. The summed E-state index contributed by atoms with van der Waals surface area (Å²) in [6.07, 6.45) is 5.61. The molecule has 4 heteroatoms. The zero-order valence-electron chi connectivity index (χ0n) is 14.2. The first kappa shape index (κ1) is 16.0. The molecule has 1 unspecified atom stereocenters. The summed E-state index contributed by atoms with van der Waals surface area (Å²) in [4.78, 5) is 19.3. The molecular formula is C21H20N2OS. The fourth-order valence-electron chi connectivity index (χ4n) is 3.45. The van der Waals surface area contributed by atoms with E-state index < -0.39 is 0 Å². The summed E-state index contributed by atoms with van der Waals surface area (Å²) < 4.78 is 1.15. The normalized spacial score (nSPS) is 17.6. The van der Waals surface area contributed by atoms with Crippen molar-refractivity contribution in [2.24, 2.45) is 0 Å². The monoisotopic (exact) mass is 348 g/mol. The molecule has 0 radical (unpaired) electrons. The van der Waals surface area contributed by atoms with E-state index in [1.54, 1.807) is 17.4 Å². The topological polar surface area (TPSA) is 33.2 Å². The van der Waals surface area contributed by atoms with Crippen LogP contribution in [0.1, 0.15) is 35.0 Å². The molecule has 0 bridgehead atoms. The van der Waals surface area contributed by atoms with Gasteiger partial charge in [0.2, 0.25) is 5.91 Å². The largest absolute Gasteiger partial charge is 0.332 e. The fourth-order valence-corrected chi connectivity index (χ4v) is 4.32. The van der Waals surface area contributed by atoms with Crippen LogP contribution >= 0.6 is 11.3 Å². The second-order valence-electron chi connectivity index (χ2n) is 6.46. The van der Waals surface area contributed by atoms with Gasteiger partial charge in [-0.2, -0.15) is 0 Å². The van der Waals surface area contributed by atoms with Crippen molar-refractivity contribution in [3.63, 3.8) is 0 Å². The molecule has 1 aromatic heterocycles. The van der Waals surface area contributed by atoms with Crippen LogP contribution < -0.4 is 0 Å². The van der Waals surface area contributed by atoms with Crippen LogP contribution in [0.4, 0.5) is 0 Å². The third kappa shape index (κ3) is 3.35. The Hall–Kier alpha value is -2.46. The average molecular weight is 348 g/mol. The number of thiazole rings is 1. The maximum Gasteiger partial charge on any atom is 0.247 e. The van der Waals surface area contributed by atoms with E-state index in [0.29, 0.717) is 0 Å². The first-order chi connectivity index (χ1) is 12.2. The lowest BCUT2D eigenvalue weighted by Crippen LogP contribution is -2.28. The maximum atomic E-state index is 12.7. The van der Waals surface area contributed by atoms with E-state index in [4.69, 9.17) is 0 Å². The molecule has 0 aliphatic carbocycles. The third-order valence-electron chi connectivity index (χ3n) is 4.64. The molecule has 1 fully saturated rings. The summed E-state index contributed by atoms with van der Waals surface area (Å²) in [5.74, 6) is 0.0725. The van der Waals surface area contributed by atoms with Crippen molar-refractivity contribution in [3.05, 3.63) is 70.7 Å². The van der Waals surface area contributed by atoms with Crippen LogP contribution in [0.2, 0.25) is 0 Å². The predicted molar refractivity (Wildman–Crippen MR) is 104 cm³/mol. The molecule has 2 heterocycles. The van der Waals surface area contributed by atoms with Gasteiger partial charge in [0.1, 0.15) is 5.01 Å². The lowest BCUT2D eigenvalue weighted by atomic mass is 10.0. The van der Waals surface area contributed by atoms with Crippen molar-refractivity contribution >= 4 is 33.5 Å². The Morgan fingerprint density at radius 2 is 2.12 bits per heavy atom. The Bertz CT molecular complexity index is 911. The van der Waals surface area contributed by atoms with Gasteiger partial charge < -0.3 is 4.90 Å². The van der Waals surface area contributed by atoms with Crippen molar-refractivity contribution in [2.45, 2.75) is 25.8 Å². The number of rotatable bonds is 3. The molecular weight excluding hydrogens is 328 g/mol. The summed E-state index contributed by atoms with van der Waals surface area (Å²) in [6, 6.07) is 16.7. The number of carbonyl (C=O) groups excluding carboxylic acids is 1. The van der Waals surface area contributed by atoms with Crippen LogP contribution in [-0.2, 0) is 4.79 Å². The number of benzene rings is 2. The van der Waals surface area contributed by atoms with Crippen molar-refractivity contribution < 1.29 is 4.79 Å². The molecule has 2 aromatic carbocycles. The summed E-state index contributed by atoms with van der Waals surface area (Å²) in [7, 11) is 0. The lowest BCUT2D eigenvalue weighted by Gasteiger charge is -2.24.